The quantitative estimate of drug-likeness (QED) is 0.589. The van der Waals surface area contributed by atoms with Gasteiger partial charge in [-0.3, -0.25) is 20.2 Å². The lowest BCUT2D eigenvalue weighted by atomic mass is 10.2. The summed E-state index contributed by atoms with van der Waals surface area (Å²) in [5.41, 5.74) is 2.72. The summed E-state index contributed by atoms with van der Waals surface area (Å²) in [7, 11) is 0. The van der Waals surface area contributed by atoms with Gasteiger partial charge in [-0.15, -0.1) is 0 Å². The van der Waals surface area contributed by atoms with Gasteiger partial charge in [-0.25, -0.2) is 0 Å². The molecule has 0 atom stereocenters. The number of carbonyl (C=O) groups is 1. The molecule has 1 aliphatic heterocycles. The molecule has 1 aromatic rings. The van der Waals surface area contributed by atoms with Crippen molar-refractivity contribution in [1.82, 2.24) is 15.1 Å². The number of rotatable bonds is 3. The van der Waals surface area contributed by atoms with Crippen molar-refractivity contribution in [2.45, 2.75) is 33.7 Å². The maximum Gasteiger partial charge on any atom is 0.262 e. The minimum atomic E-state index is -0.459. The number of carbonyl (C=O) groups excluding carboxylic acids is 1. The molecule has 0 spiro atoms. The lowest BCUT2D eigenvalue weighted by Crippen LogP contribution is -2.36. The van der Waals surface area contributed by atoms with Gasteiger partial charge in [0.25, 0.3) is 5.91 Å². The summed E-state index contributed by atoms with van der Waals surface area (Å²) in [4.78, 5) is 15.5. The zero-order chi connectivity index (χ0) is 15.7. The smallest absolute Gasteiger partial charge is 0.262 e. The first-order chi connectivity index (χ1) is 9.81. The Bertz CT molecular complexity index is 670. The lowest BCUT2D eigenvalue weighted by Gasteiger charge is -2.13. The Morgan fingerprint density at radius 3 is 2.62 bits per heavy atom. The second-order valence-electron chi connectivity index (χ2n) is 4.99. The number of hydrogen-bond acceptors (Lipinski definition) is 4. The molecule has 0 saturated heterocycles. The van der Waals surface area contributed by atoms with E-state index in [0.717, 1.165) is 17.1 Å². The van der Waals surface area contributed by atoms with Gasteiger partial charge in [0.05, 0.1) is 22.6 Å². The third kappa shape index (κ3) is 2.97. The van der Waals surface area contributed by atoms with E-state index in [2.05, 4.69) is 20.7 Å². The van der Waals surface area contributed by atoms with E-state index < -0.39 is 5.91 Å². The molecule has 0 fully saturated rings. The van der Waals surface area contributed by atoms with E-state index in [0.29, 0.717) is 0 Å². The minimum absolute atomic E-state index is 0.0952. The molecule has 0 saturated carbocycles. The van der Waals surface area contributed by atoms with Crippen LogP contribution in [0.1, 0.15) is 31.3 Å². The molecule has 0 unspecified atom stereocenters. The van der Waals surface area contributed by atoms with Crippen molar-refractivity contribution in [1.29, 1.82) is 5.41 Å². The van der Waals surface area contributed by atoms with E-state index in [1.807, 2.05) is 32.4 Å². The van der Waals surface area contributed by atoms with Crippen molar-refractivity contribution < 1.29 is 4.79 Å². The van der Waals surface area contributed by atoms with Crippen molar-refractivity contribution in [2.75, 3.05) is 5.32 Å². The first-order valence-electron chi connectivity index (χ1n) is 6.48. The summed E-state index contributed by atoms with van der Waals surface area (Å²) < 4.78 is 1.90. The van der Waals surface area contributed by atoms with Crippen molar-refractivity contribution in [2.24, 2.45) is 4.99 Å². The van der Waals surface area contributed by atoms with Crippen LogP contribution in [0.5, 0.6) is 0 Å². The summed E-state index contributed by atoms with van der Waals surface area (Å²) in [6, 6.07) is 0.242. The molecule has 0 bridgehead atoms. The van der Waals surface area contributed by atoms with Crippen LogP contribution in [0.2, 0.25) is 0 Å². The summed E-state index contributed by atoms with van der Waals surface area (Å²) in [6.45, 7) is 7.92. The zero-order valence-corrected chi connectivity index (χ0v) is 13.0. The fraction of sp³-hybridized carbons (Fsp3) is 0.385. The number of halogens is 1. The SMILES string of the molecule is Cc1nn(C(C)C)c(C)c1N/C=C1\C(=N)N=C(Cl)NC1=O. The second-order valence-corrected chi connectivity index (χ2v) is 5.35. The first kappa shape index (κ1) is 15.2. The highest BCUT2D eigenvalue weighted by Gasteiger charge is 2.22. The molecule has 1 aliphatic rings. The topological polar surface area (TPSA) is 95.2 Å². The Balaban J connectivity index is 2.30. The van der Waals surface area contributed by atoms with Gasteiger partial charge in [-0.05, 0) is 39.3 Å². The van der Waals surface area contributed by atoms with Gasteiger partial charge in [0.1, 0.15) is 0 Å². The average Bonchev–Trinajstić information content (AvgIpc) is 2.64. The fourth-order valence-corrected chi connectivity index (χ4v) is 2.28. The summed E-state index contributed by atoms with van der Waals surface area (Å²) in [5.74, 6) is -0.637. The molecular formula is C13H17ClN6O. The van der Waals surface area contributed by atoms with Crippen LogP contribution < -0.4 is 10.6 Å². The van der Waals surface area contributed by atoms with Crippen molar-refractivity contribution in [3.63, 3.8) is 0 Å². The Kier molecular flexibility index (Phi) is 4.13. The maximum atomic E-state index is 11.8. The van der Waals surface area contributed by atoms with E-state index in [1.165, 1.54) is 6.20 Å². The van der Waals surface area contributed by atoms with E-state index in [1.54, 1.807) is 0 Å². The monoisotopic (exact) mass is 308 g/mol. The normalized spacial score (nSPS) is 17.2. The van der Waals surface area contributed by atoms with Gasteiger partial charge in [0.2, 0.25) is 5.29 Å². The molecule has 21 heavy (non-hydrogen) atoms. The molecule has 2 rings (SSSR count). The first-order valence-corrected chi connectivity index (χ1v) is 6.86. The number of hydrogen-bond donors (Lipinski definition) is 3. The van der Waals surface area contributed by atoms with Gasteiger partial charge in [0.15, 0.2) is 5.84 Å². The number of aryl methyl sites for hydroxylation is 1. The predicted octanol–water partition coefficient (Wildman–Crippen LogP) is 2.08. The molecule has 3 N–H and O–H groups in total. The Hall–Kier alpha value is -2.15. The lowest BCUT2D eigenvalue weighted by molar-refractivity contribution is -0.115. The molecule has 2 heterocycles. The highest BCUT2D eigenvalue weighted by molar-refractivity contribution is 6.68. The van der Waals surface area contributed by atoms with E-state index in [-0.39, 0.29) is 22.7 Å². The third-order valence-corrected chi connectivity index (χ3v) is 3.28. The highest BCUT2D eigenvalue weighted by Crippen LogP contribution is 2.22. The Labute approximate surface area is 127 Å². The van der Waals surface area contributed by atoms with Crippen LogP contribution in [0.4, 0.5) is 5.69 Å². The van der Waals surface area contributed by atoms with Crippen molar-refractivity contribution in [3.8, 4) is 0 Å². The standard InChI is InChI=1S/C13H17ClN6O/c1-6(2)20-8(4)10(7(3)19-20)16-5-9-11(15)17-13(14)18-12(9)21/h5-6,16H,1-4H3,(H2,15,17,18,21)/b9-5+. The van der Waals surface area contributed by atoms with Crippen molar-refractivity contribution >= 4 is 34.3 Å². The van der Waals surface area contributed by atoms with Crippen LogP contribution >= 0.6 is 11.6 Å². The molecule has 8 heteroatoms. The summed E-state index contributed by atoms with van der Waals surface area (Å²) in [5, 5.41) is 17.4. The number of amides is 1. The van der Waals surface area contributed by atoms with Crippen molar-refractivity contribution in [3.05, 3.63) is 23.2 Å². The number of aliphatic imine (C=N–C) groups is 1. The van der Waals surface area contributed by atoms with Crippen LogP contribution in [-0.4, -0.2) is 26.8 Å². The molecule has 0 aliphatic carbocycles. The molecule has 0 radical (unpaired) electrons. The average molecular weight is 309 g/mol. The fourth-order valence-electron chi connectivity index (χ4n) is 2.11. The van der Waals surface area contributed by atoms with Gasteiger partial charge in [0, 0.05) is 12.2 Å². The van der Waals surface area contributed by atoms with Gasteiger partial charge in [-0.1, -0.05) is 0 Å². The number of amidine groups is 2. The molecule has 1 aromatic heterocycles. The van der Waals surface area contributed by atoms with Crippen LogP contribution in [0.3, 0.4) is 0 Å². The van der Waals surface area contributed by atoms with Crippen LogP contribution in [0.15, 0.2) is 16.8 Å². The van der Waals surface area contributed by atoms with Crippen LogP contribution in [-0.2, 0) is 4.79 Å². The number of nitrogens with one attached hydrogen (secondary N) is 3. The van der Waals surface area contributed by atoms with Crippen LogP contribution in [0, 0.1) is 19.3 Å². The third-order valence-electron chi connectivity index (χ3n) is 3.10. The molecular weight excluding hydrogens is 292 g/mol. The molecule has 112 valence electrons. The number of nitrogens with zero attached hydrogens (tertiary/aromatic N) is 3. The number of anilines is 1. The van der Waals surface area contributed by atoms with E-state index in [9.17, 15) is 4.79 Å². The molecule has 0 aromatic carbocycles. The number of aromatic nitrogens is 2. The van der Waals surface area contributed by atoms with Gasteiger partial charge >= 0.3 is 0 Å². The van der Waals surface area contributed by atoms with Gasteiger partial charge < -0.3 is 5.32 Å². The second kappa shape index (κ2) is 5.69. The molecule has 7 nitrogen and oxygen atoms in total. The Morgan fingerprint density at radius 2 is 2.10 bits per heavy atom. The van der Waals surface area contributed by atoms with Crippen LogP contribution in [0.25, 0.3) is 0 Å². The summed E-state index contributed by atoms with van der Waals surface area (Å²) in [6.07, 6.45) is 1.45. The largest absolute Gasteiger partial charge is 0.358 e. The predicted molar refractivity (Wildman–Crippen MR) is 82.9 cm³/mol. The Morgan fingerprint density at radius 1 is 1.43 bits per heavy atom. The van der Waals surface area contributed by atoms with E-state index >= 15 is 0 Å². The zero-order valence-electron chi connectivity index (χ0n) is 12.3. The molecule has 1 amide bonds. The summed E-state index contributed by atoms with van der Waals surface area (Å²) >= 11 is 5.59. The minimum Gasteiger partial charge on any atom is -0.358 e. The highest BCUT2D eigenvalue weighted by atomic mass is 35.5. The van der Waals surface area contributed by atoms with E-state index in [4.69, 9.17) is 17.0 Å². The maximum absolute atomic E-state index is 11.8. The van der Waals surface area contributed by atoms with Gasteiger partial charge in [-0.2, -0.15) is 10.1 Å².